The summed E-state index contributed by atoms with van der Waals surface area (Å²) < 4.78 is 1.15. The Bertz CT molecular complexity index is 828. The number of piperazine rings is 1. The second kappa shape index (κ2) is 7.20. The first-order valence-electron chi connectivity index (χ1n) is 7.89. The summed E-state index contributed by atoms with van der Waals surface area (Å²) in [6.07, 6.45) is 1.51. The molecule has 0 spiro atoms. The number of carbonyl (C=O) groups excluding carboxylic acids is 1. The molecule has 1 aliphatic heterocycles. The van der Waals surface area contributed by atoms with Crippen LogP contribution in [0.3, 0.4) is 0 Å². The number of pyridine rings is 1. The molecule has 0 radical (unpaired) electrons. The predicted octanol–water partition coefficient (Wildman–Crippen LogP) is 0.960. The Kier molecular flexibility index (Phi) is 5.00. The second-order valence-electron chi connectivity index (χ2n) is 5.96. The highest BCUT2D eigenvalue weighted by Gasteiger charge is 2.20. The summed E-state index contributed by atoms with van der Waals surface area (Å²) in [7, 11) is 3.56. The molecule has 0 bridgehead atoms. The largest absolute Gasteiger partial charge is 0.336 e. The maximum atomic E-state index is 12.5. The van der Waals surface area contributed by atoms with Gasteiger partial charge in [-0.15, -0.1) is 0 Å². The number of nitrogens with one attached hydrogen (secondary N) is 1. The quantitative estimate of drug-likeness (QED) is 0.875. The molecule has 1 aliphatic rings. The summed E-state index contributed by atoms with van der Waals surface area (Å²) in [6.45, 7) is 3.15. The van der Waals surface area contributed by atoms with E-state index in [-0.39, 0.29) is 22.3 Å². The first-order valence-corrected chi connectivity index (χ1v) is 8.26. The molecule has 8 nitrogen and oxygen atoms in total. The number of likely N-dealkylation sites (N-methyl/N-ethyl adjacent to an activating group) is 1. The van der Waals surface area contributed by atoms with Gasteiger partial charge >= 0.3 is 0 Å². The van der Waals surface area contributed by atoms with Gasteiger partial charge in [0.15, 0.2) is 5.15 Å². The second-order valence-corrected chi connectivity index (χ2v) is 6.35. The number of hydrogen-bond donors (Lipinski definition) is 1. The fourth-order valence-electron chi connectivity index (χ4n) is 2.59. The Morgan fingerprint density at radius 1 is 1.20 bits per heavy atom. The van der Waals surface area contributed by atoms with Crippen LogP contribution < -0.4 is 10.9 Å². The van der Waals surface area contributed by atoms with Gasteiger partial charge < -0.3 is 15.1 Å². The van der Waals surface area contributed by atoms with Crippen molar-refractivity contribution >= 4 is 29.0 Å². The number of aryl methyl sites for hydroxylation is 1. The third-order valence-electron chi connectivity index (χ3n) is 4.10. The van der Waals surface area contributed by atoms with Crippen LogP contribution in [0.25, 0.3) is 0 Å². The van der Waals surface area contributed by atoms with Gasteiger partial charge in [-0.05, 0) is 19.2 Å². The molecular formula is C16H19ClN6O2. The van der Waals surface area contributed by atoms with Gasteiger partial charge in [-0.2, -0.15) is 5.10 Å². The maximum absolute atomic E-state index is 12.5. The van der Waals surface area contributed by atoms with Gasteiger partial charge in [-0.25, -0.2) is 9.67 Å². The van der Waals surface area contributed by atoms with Crippen LogP contribution in [0.2, 0.25) is 5.15 Å². The molecule has 1 amide bonds. The minimum Gasteiger partial charge on any atom is -0.336 e. The molecule has 2 aromatic heterocycles. The van der Waals surface area contributed by atoms with E-state index in [9.17, 15) is 9.59 Å². The molecule has 132 valence electrons. The Morgan fingerprint density at radius 2 is 1.92 bits per heavy atom. The molecule has 1 N–H and O–H groups in total. The van der Waals surface area contributed by atoms with Crippen LogP contribution in [0.15, 0.2) is 29.2 Å². The van der Waals surface area contributed by atoms with Crippen molar-refractivity contribution in [3.8, 4) is 0 Å². The molecule has 0 atom stereocenters. The highest BCUT2D eigenvalue weighted by atomic mass is 35.5. The lowest BCUT2D eigenvalue weighted by atomic mass is 10.2. The lowest BCUT2D eigenvalue weighted by Crippen LogP contribution is -2.47. The van der Waals surface area contributed by atoms with E-state index in [2.05, 4.69) is 20.3 Å². The average molecular weight is 363 g/mol. The summed E-state index contributed by atoms with van der Waals surface area (Å²) in [5, 5.41) is 6.93. The summed E-state index contributed by atoms with van der Waals surface area (Å²) >= 11 is 5.87. The molecular weight excluding hydrogens is 344 g/mol. The predicted molar refractivity (Wildman–Crippen MR) is 95.4 cm³/mol. The zero-order chi connectivity index (χ0) is 18.0. The molecule has 0 saturated carbocycles. The smallest absolute Gasteiger partial charge is 0.290 e. The minimum atomic E-state index is -0.316. The van der Waals surface area contributed by atoms with Gasteiger partial charge in [-0.3, -0.25) is 9.59 Å². The van der Waals surface area contributed by atoms with Crippen LogP contribution in [0.4, 0.5) is 11.5 Å². The van der Waals surface area contributed by atoms with Gasteiger partial charge in [-0.1, -0.05) is 11.6 Å². The maximum Gasteiger partial charge on any atom is 0.290 e. The fourth-order valence-corrected chi connectivity index (χ4v) is 2.81. The Labute approximate surface area is 150 Å². The summed E-state index contributed by atoms with van der Waals surface area (Å²) in [4.78, 5) is 32.7. The number of nitrogens with zero attached hydrogens (tertiary/aromatic N) is 5. The van der Waals surface area contributed by atoms with E-state index in [4.69, 9.17) is 11.6 Å². The fraction of sp³-hybridized carbons (Fsp3) is 0.375. The zero-order valence-corrected chi connectivity index (χ0v) is 14.8. The number of anilines is 2. The first kappa shape index (κ1) is 17.4. The van der Waals surface area contributed by atoms with Crippen molar-refractivity contribution < 1.29 is 4.79 Å². The van der Waals surface area contributed by atoms with Crippen molar-refractivity contribution in [3.63, 3.8) is 0 Å². The number of carbonyl (C=O) groups is 1. The summed E-state index contributed by atoms with van der Waals surface area (Å²) in [6, 6.07) is 4.80. The molecule has 3 heterocycles. The van der Waals surface area contributed by atoms with Crippen LogP contribution in [-0.4, -0.2) is 63.7 Å². The SMILES string of the molecule is CN1CCN(C(=O)c2ccc(Nc3cc(Cl)nn(C)c3=O)nc2)CC1. The van der Waals surface area contributed by atoms with Crippen LogP contribution in [0, 0.1) is 0 Å². The minimum absolute atomic E-state index is 0.0324. The average Bonchev–Trinajstić information content (AvgIpc) is 2.60. The van der Waals surface area contributed by atoms with Crippen molar-refractivity contribution in [2.24, 2.45) is 7.05 Å². The van der Waals surface area contributed by atoms with E-state index in [1.165, 1.54) is 19.3 Å². The van der Waals surface area contributed by atoms with Crippen LogP contribution >= 0.6 is 11.6 Å². The van der Waals surface area contributed by atoms with Gasteiger partial charge in [0, 0.05) is 45.5 Å². The first-order chi connectivity index (χ1) is 11.9. The van der Waals surface area contributed by atoms with Crippen molar-refractivity contribution in [1.29, 1.82) is 0 Å². The van der Waals surface area contributed by atoms with E-state index in [1.54, 1.807) is 12.1 Å². The number of hydrogen-bond acceptors (Lipinski definition) is 6. The number of amides is 1. The monoisotopic (exact) mass is 362 g/mol. The van der Waals surface area contributed by atoms with Crippen LogP contribution in [0.1, 0.15) is 10.4 Å². The van der Waals surface area contributed by atoms with Gasteiger partial charge in [0.25, 0.3) is 11.5 Å². The third-order valence-corrected chi connectivity index (χ3v) is 4.28. The van der Waals surface area contributed by atoms with Crippen molar-refractivity contribution in [3.05, 3.63) is 45.5 Å². The van der Waals surface area contributed by atoms with Gasteiger partial charge in [0.1, 0.15) is 11.5 Å². The van der Waals surface area contributed by atoms with Crippen LogP contribution in [0.5, 0.6) is 0 Å². The van der Waals surface area contributed by atoms with Crippen LogP contribution in [-0.2, 0) is 7.05 Å². The Morgan fingerprint density at radius 3 is 2.56 bits per heavy atom. The zero-order valence-electron chi connectivity index (χ0n) is 14.1. The molecule has 2 aromatic rings. The van der Waals surface area contributed by atoms with Gasteiger partial charge in [0.2, 0.25) is 0 Å². The molecule has 9 heteroatoms. The standard InChI is InChI=1S/C16H19ClN6O2/c1-21-5-7-23(8-6-21)15(24)11-3-4-14(18-10-11)19-12-9-13(17)20-22(2)16(12)25/h3-4,9-10H,5-8H2,1-2H3,(H,18,19). The Balaban J connectivity index is 1.72. The number of aromatic nitrogens is 3. The topological polar surface area (TPSA) is 83.4 Å². The molecule has 0 unspecified atom stereocenters. The van der Waals surface area contributed by atoms with E-state index >= 15 is 0 Å². The summed E-state index contributed by atoms with van der Waals surface area (Å²) in [5.74, 6) is 0.421. The molecule has 3 rings (SSSR count). The molecule has 0 aliphatic carbocycles. The highest BCUT2D eigenvalue weighted by molar-refractivity contribution is 6.29. The number of rotatable bonds is 3. The van der Waals surface area contributed by atoms with E-state index in [0.717, 1.165) is 17.8 Å². The van der Waals surface area contributed by atoms with Crippen molar-refractivity contribution in [1.82, 2.24) is 24.6 Å². The molecule has 0 aromatic carbocycles. The Hall–Kier alpha value is -2.45. The van der Waals surface area contributed by atoms with Gasteiger partial charge in [0.05, 0.1) is 5.56 Å². The summed E-state index contributed by atoms with van der Waals surface area (Å²) in [5.41, 5.74) is 0.479. The lowest BCUT2D eigenvalue weighted by molar-refractivity contribution is 0.0663. The van der Waals surface area contributed by atoms with E-state index in [0.29, 0.717) is 24.5 Å². The highest BCUT2D eigenvalue weighted by Crippen LogP contribution is 2.15. The molecule has 1 fully saturated rings. The van der Waals surface area contributed by atoms with Crippen molar-refractivity contribution in [2.45, 2.75) is 0 Å². The molecule has 1 saturated heterocycles. The van der Waals surface area contributed by atoms with E-state index < -0.39 is 0 Å². The normalized spacial score (nSPS) is 15.2. The van der Waals surface area contributed by atoms with E-state index in [1.807, 2.05) is 11.9 Å². The third kappa shape index (κ3) is 3.97. The molecule has 25 heavy (non-hydrogen) atoms. The lowest BCUT2D eigenvalue weighted by Gasteiger charge is -2.32. The number of halogens is 1. The van der Waals surface area contributed by atoms with Crippen molar-refractivity contribution in [2.75, 3.05) is 38.5 Å².